The standard InChI is InChI=1S/C11H10BrN3O2S/c1-17-9-3-2-7(4-8(9)12)5-14-15-10(16)6-13-11(15)18/h2-5H,6H2,1H3,(H,13,18)/b14-5-. The van der Waals surface area contributed by atoms with Crippen LogP contribution < -0.4 is 10.1 Å². The molecule has 1 fully saturated rings. The number of hydrogen-bond acceptors (Lipinski definition) is 4. The molecule has 1 saturated heterocycles. The molecule has 1 amide bonds. The Hall–Kier alpha value is -1.47. The Bertz CT molecular complexity index is 517. The number of benzene rings is 1. The molecule has 1 aromatic rings. The maximum Gasteiger partial charge on any atom is 0.268 e. The summed E-state index contributed by atoms with van der Waals surface area (Å²) in [6, 6.07) is 5.50. The fourth-order valence-electron chi connectivity index (χ4n) is 1.42. The summed E-state index contributed by atoms with van der Waals surface area (Å²) in [6.07, 6.45) is 1.57. The molecule has 0 aromatic heterocycles. The van der Waals surface area contributed by atoms with Crippen molar-refractivity contribution in [2.45, 2.75) is 0 Å². The number of rotatable bonds is 3. The molecule has 0 atom stereocenters. The average molecular weight is 328 g/mol. The molecule has 0 aliphatic carbocycles. The van der Waals surface area contributed by atoms with Crippen molar-refractivity contribution in [2.75, 3.05) is 13.7 Å². The van der Waals surface area contributed by atoms with Crippen molar-refractivity contribution in [1.82, 2.24) is 10.3 Å². The molecule has 1 aromatic carbocycles. The molecule has 2 rings (SSSR count). The summed E-state index contributed by atoms with van der Waals surface area (Å²) in [7, 11) is 1.60. The van der Waals surface area contributed by atoms with E-state index >= 15 is 0 Å². The minimum atomic E-state index is -0.163. The molecule has 0 bridgehead atoms. The number of hydrazone groups is 1. The zero-order valence-electron chi connectivity index (χ0n) is 9.51. The van der Waals surface area contributed by atoms with Gasteiger partial charge in [0.2, 0.25) is 0 Å². The average Bonchev–Trinajstić information content (AvgIpc) is 2.67. The van der Waals surface area contributed by atoms with Crippen molar-refractivity contribution in [1.29, 1.82) is 0 Å². The molecule has 5 nitrogen and oxygen atoms in total. The highest BCUT2D eigenvalue weighted by atomic mass is 79.9. The lowest BCUT2D eigenvalue weighted by atomic mass is 10.2. The molecule has 0 unspecified atom stereocenters. The van der Waals surface area contributed by atoms with Crippen LogP contribution in [0.2, 0.25) is 0 Å². The highest BCUT2D eigenvalue weighted by Gasteiger charge is 2.24. The second kappa shape index (κ2) is 5.45. The highest BCUT2D eigenvalue weighted by Crippen LogP contribution is 2.24. The number of amides is 1. The lowest BCUT2D eigenvalue weighted by molar-refractivity contribution is -0.124. The number of carbonyl (C=O) groups excluding carboxylic acids is 1. The van der Waals surface area contributed by atoms with E-state index in [1.54, 1.807) is 13.3 Å². The Balaban J connectivity index is 2.16. The number of methoxy groups -OCH3 is 1. The summed E-state index contributed by atoms with van der Waals surface area (Å²) in [4.78, 5) is 11.4. The van der Waals surface area contributed by atoms with Crippen LogP contribution in [0, 0.1) is 0 Å². The Morgan fingerprint density at radius 2 is 2.39 bits per heavy atom. The van der Waals surface area contributed by atoms with E-state index in [9.17, 15) is 4.79 Å². The Morgan fingerprint density at radius 3 is 2.94 bits per heavy atom. The summed E-state index contributed by atoms with van der Waals surface area (Å²) in [5.74, 6) is 0.574. The van der Waals surface area contributed by atoms with Crippen LogP contribution in [0.5, 0.6) is 5.75 Å². The minimum Gasteiger partial charge on any atom is -0.496 e. The van der Waals surface area contributed by atoms with Crippen LogP contribution in [0.3, 0.4) is 0 Å². The molecule has 94 valence electrons. The molecule has 1 N–H and O–H groups in total. The van der Waals surface area contributed by atoms with Crippen molar-refractivity contribution in [3.63, 3.8) is 0 Å². The molecule has 1 aliphatic heterocycles. The van der Waals surface area contributed by atoms with E-state index < -0.39 is 0 Å². The number of nitrogens with one attached hydrogen (secondary N) is 1. The van der Waals surface area contributed by atoms with Gasteiger partial charge < -0.3 is 10.1 Å². The van der Waals surface area contributed by atoms with Crippen LogP contribution in [0.4, 0.5) is 0 Å². The van der Waals surface area contributed by atoms with Gasteiger partial charge in [-0.25, -0.2) is 0 Å². The number of halogens is 1. The molecule has 0 saturated carbocycles. The van der Waals surface area contributed by atoms with Crippen LogP contribution in [0.15, 0.2) is 27.8 Å². The van der Waals surface area contributed by atoms with Crippen LogP contribution in [-0.4, -0.2) is 35.9 Å². The lowest BCUT2D eigenvalue weighted by Gasteiger charge is -2.07. The van der Waals surface area contributed by atoms with E-state index in [4.69, 9.17) is 17.0 Å². The van der Waals surface area contributed by atoms with E-state index in [2.05, 4.69) is 26.3 Å². The van der Waals surface area contributed by atoms with Crippen molar-refractivity contribution in [3.8, 4) is 5.75 Å². The van der Waals surface area contributed by atoms with E-state index in [0.717, 1.165) is 15.8 Å². The maximum atomic E-state index is 11.4. The topological polar surface area (TPSA) is 53.9 Å². The number of ether oxygens (including phenoxy) is 1. The van der Waals surface area contributed by atoms with Crippen LogP contribution in [0.25, 0.3) is 0 Å². The van der Waals surface area contributed by atoms with Gasteiger partial charge in [0.25, 0.3) is 5.91 Å². The Kier molecular flexibility index (Phi) is 3.93. The van der Waals surface area contributed by atoms with Gasteiger partial charge in [0.05, 0.1) is 24.3 Å². The molecule has 1 heterocycles. The SMILES string of the molecule is COc1ccc(/C=N\N2C(=O)CNC2=S)cc1Br. The normalized spacial score (nSPS) is 15.3. The smallest absolute Gasteiger partial charge is 0.268 e. The van der Waals surface area contributed by atoms with Crippen molar-refractivity contribution < 1.29 is 9.53 Å². The molecular weight excluding hydrogens is 318 g/mol. The molecule has 7 heteroatoms. The van der Waals surface area contributed by atoms with Crippen molar-refractivity contribution in [2.24, 2.45) is 5.10 Å². The number of thiocarbonyl (C=S) groups is 1. The molecule has 0 radical (unpaired) electrons. The molecule has 18 heavy (non-hydrogen) atoms. The second-order valence-corrected chi connectivity index (χ2v) is 4.74. The number of carbonyl (C=O) groups is 1. The first-order valence-electron chi connectivity index (χ1n) is 5.10. The minimum absolute atomic E-state index is 0.163. The summed E-state index contributed by atoms with van der Waals surface area (Å²) in [5, 5.41) is 8.29. The molecule has 1 aliphatic rings. The Labute approximate surface area is 118 Å². The summed E-state index contributed by atoms with van der Waals surface area (Å²) in [5.41, 5.74) is 0.838. The summed E-state index contributed by atoms with van der Waals surface area (Å²) >= 11 is 8.33. The zero-order valence-corrected chi connectivity index (χ0v) is 11.9. The van der Waals surface area contributed by atoms with E-state index in [-0.39, 0.29) is 12.5 Å². The third-order valence-corrected chi connectivity index (χ3v) is 3.25. The van der Waals surface area contributed by atoms with E-state index in [0.29, 0.717) is 5.11 Å². The third kappa shape index (κ3) is 2.68. The van der Waals surface area contributed by atoms with Gasteiger partial charge in [0.1, 0.15) is 5.75 Å². The Morgan fingerprint density at radius 1 is 1.61 bits per heavy atom. The monoisotopic (exact) mass is 327 g/mol. The molecular formula is C11H10BrN3O2S. The van der Waals surface area contributed by atoms with Gasteiger partial charge in [-0.2, -0.15) is 10.1 Å². The number of nitrogens with zero attached hydrogens (tertiary/aromatic N) is 2. The van der Waals surface area contributed by atoms with Crippen LogP contribution in [0.1, 0.15) is 5.56 Å². The predicted molar refractivity (Wildman–Crippen MR) is 75.7 cm³/mol. The van der Waals surface area contributed by atoms with Gasteiger partial charge in [0.15, 0.2) is 5.11 Å². The van der Waals surface area contributed by atoms with E-state index in [1.165, 1.54) is 5.01 Å². The van der Waals surface area contributed by atoms with Gasteiger partial charge in [-0.3, -0.25) is 4.79 Å². The number of hydrogen-bond donors (Lipinski definition) is 1. The van der Waals surface area contributed by atoms with Crippen LogP contribution >= 0.6 is 28.1 Å². The van der Waals surface area contributed by atoms with Crippen molar-refractivity contribution >= 4 is 45.4 Å². The van der Waals surface area contributed by atoms with Gasteiger partial charge in [-0.05, 0) is 51.9 Å². The fraction of sp³-hybridized carbons (Fsp3) is 0.182. The first-order chi connectivity index (χ1) is 8.61. The third-order valence-electron chi connectivity index (χ3n) is 2.32. The van der Waals surface area contributed by atoms with Gasteiger partial charge in [-0.15, -0.1) is 0 Å². The second-order valence-electron chi connectivity index (χ2n) is 3.50. The predicted octanol–water partition coefficient (Wildman–Crippen LogP) is 1.51. The zero-order chi connectivity index (χ0) is 13.1. The summed E-state index contributed by atoms with van der Waals surface area (Å²) in [6.45, 7) is 0.197. The largest absolute Gasteiger partial charge is 0.496 e. The van der Waals surface area contributed by atoms with Gasteiger partial charge in [0, 0.05) is 0 Å². The van der Waals surface area contributed by atoms with E-state index in [1.807, 2.05) is 18.2 Å². The lowest BCUT2D eigenvalue weighted by Crippen LogP contribution is -2.25. The maximum absolute atomic E-state index is 11.4. The quantitative estimate of drug-likeness (QED) is 0.675. The van der Waals surface area contributed by atoms with Crippen LogP contribution in [-0.2, 0) is 4.79 Å². The fourth-order valence-corrected chi connectivity index (χ4v) is 2.20. The summed E-state index contributed by atoms with van der Waals surface area (Å²) < 4.78 is 5.95. The first-order valence-corrected chi connectivity index (χ1v) is 6.30. The highest BCUT2D eigenvalue weighted by molar-refractivity contribution is 9.10. The van der Waals surface area contributed by atoms with Crippen molar-refractivity contribution in [3.05, 3.63) is 28.2 Å². The van der Waals surface area contributed by atoms with Gasteiger partial charge >= 0.3 is 0 Å². The molecule has 0 spiro atoms. The van der Waals surface area contributed by atoms with Gasteiger partial charge in [-0.1, -0.05) is 0 Å². The first kappa shape index (κ1) is 13.0.